The molecule has 0 spiro atoms. The van der Waals surface area contributed by atoms with Gasteiger partial charge < -0.3 is 14.4 Å². The van der Waals surface area contributed by atoms with Crippen LogP contribution in [0.25, 0.3) is 0 Å². The fourth-order valence-corrected chi connectivity index (χ4v) is 2.63. The molecule has 1 N–H and O–H groups in total. The molecule has 0 aromatic heterocycles. The zero-order valence-corrected chi connectivity index (χ0v) is 12.1. The van der Waals surface area contributed by atoms with Gasteiger partial charge in [0.25, 0.3) is 0 Å². The van der Waals surface area contributed by atoms with Crippen LogP contribution >= 0.6 is 0 Å². The van der Waals surface area contributed by atoms with Crippen molar-refractivity contribution in [1.29, 1.82) is 0 Å². The van der Waals surface area contributed by atoms with Crippen LogP contribution in [0.2, 0.25) is 0 Å². The molecule has 1 heterocycles. The maximum atomic E-state index is 12.9. The van der Waals surface area contributed by atoms with Gasteiger partial charge in [-0.3, -0.25) is 0 Å². The van der Waals surface area contributed by atoms with Crippen LogP contribution in [0, 0.1) is 0 Å². The molecule has 0 radical (unpaired) electrons. The van der Waals surface area contributed by atoms with Gasteiger partial charge in [-0.05, 0) is 22.7 Å². The lowest BCUT2D eigenvalue weighted by atomic mass is 9.75. The van der Waals surface area contributed by atoms with Crippen molar-refractivity contribution < 1.29 is 27.6 Å². The number of hydrogen-bond acceptors (Lipinski definition) is 3. The Morgan fingerprint density at radius 3 is 2.57 bits per heavy atom. The van der Waals surface area contributed by atoms with E-state index in [1.165, 1.54) is 6.07 Å². The second kappa shape index (κ2) is 6.25. The third-order valence-electron chi connectivity index (χ3n) is 3.66. The summed E-state index contributed by atoms with van der Waals surface area (Å²) in [6, 6.07) is 12.3. The second-order valence-electron chi connectivity index (χ2n) is 5.34. The molecule has 0 saturated carbocycles. The van der Waals surface area contributed by atoms with E-state index in [2.05, 4.69) is 0 Å². The number of benzene rings is 2. The predicted molar refractivity (Wildman–Crippen MR) is 79.4 cm³/mol. The van der Waals surface area contributed by atoms with E-state index in [9.17, 15) is 18.2 Å². The summed E-state index contributed by atoms with van der Waals surface area (Å²) in [6.07, 6.45) is -5.57. The van der Waals surface area contributed by atoms with E-state index in [0.29, 0.717) is 5.56 Å². The van der Waals surface area contributed by atoms with Crippen molar-refractivity contribution in [2.75, 3.05) is 0 Å². The topological polar surface area (TPSA) is 38.7 Å². The fourth-order valence-electron chi connectivity index (χ4n) is 2.63. The third kappa shape index (κ3) is 3.68. The molecule has 120 valence electrons. The summed E-state index contributed by atoms with van der Waals surface area (Å²) in [5.74, 6) is 0.120. The van der Waals surface area contributed by atoms with Crippen molar-refractivity contribution in [3.8, 4) is 5.75 Å². The highest BCUT2D eigenvalue weighted by atomic mass is 19.4. The summed E-state index contributed by atoms with van der Waals surface area (Å²) in [5, 5.41) is 9.82. The van der Waals surface area contributed by atoms with Crippen LogP contribution in [-0.2, 0) is 24.3 Å². The van der Waals surface area contributed by atoms with Gasteiger partial charge in [0.05, 0.1) is 13.0 Å². The molecule has 23 heavy (non-hydrogen) atoms. The molecule has 0 unspecified atom stereocenters. The lowest BCUT2D eigenvalue weighted by molar-refractivity contribution is -0.127. The second-order valence-corrected chi connectivity index (χ2v) is 5.34. The van der Waals surface area contributed by atoms with Crippen LogP contribution < -0.4 is 10.2 Å². The van der Waals surface area contributed by atoms with Crippen molar-refractivity contribution >= 4 is 12.6 Å². The van der Waals surface area contributed by atoms with Crippen molar-refractivity contribution in [3.63, 3.8) is 0 Å². The van der Waals surface area contributed by atoms with Crippen LogP contribution in [0.15, 0.2) is 42.5 Å². The number of alkyl halides is 3. The normalized spacial score (nSPS) is 14.0. The molecular weight excluding hydrogens is 308 g/mol. The number of halogens is 3. The number of fused-ring (bicyclic) bond motifs is 1. The van der Waals surface area contributed by atoms with E-state index in [4.69, 9.17) is 9.39 Å². The Bertz CT molecular complexity index is 689. The monoisotopic (exact) mass is 322 g/mol. The first-order valence-corrected chi connectivity index (χ1v) is 7.12. The molecule has 2 aromatic carbocycles. The summed E-state index contributed by atoms with van der Waals surface area (Å²) < 4.78 is 49.3. The van der Waals surface area contributed by atoms with Gasteiger partial charge in [-0.2, -0.15) is 13.2 Å². The zero-order chi connectivity index (χ0) is 16.4. The first kappa shape index (κ1) is 15.9. The van der Waals surface area contributed by atoms with E-state index in [-0.39, 0.29) is 30.0 Å². The highest BCUT2D eigenvalue weighted by Crippen LogP contribution is 2.30. The van der Waals surface area contributed by atoms with E-state index in [1.807, 2.05) is 30.3 Å². The molecule has 0 bridgehead atoms. The van der Waals surface area contributed by atoms with E-state index in [0.717, 1.165) is 5.56 Å². The van der Waals surface area contributed by atoms with Gasteiger partial charge in [0.15, 0.2) is 0 Å². The maximum absolute atomic E-state index is 12.9. The molecule has 0 aliphatic carbocycles. The summed E-state index contributed by atoms with van der Waals surface area (Å²) in [4.78, 5) is 0. The van der Waals surface area contributed by atoms with Crippen LogP contribution in [0.1, 0.15) is 16.7 Å². The quantitative estimate of drug-likeness (QED) is 0.880. The van der Waals surface area contributed by atoms with Crippen molar-refractivity contribution in [2.24, 2.45) is 0 Å². The minimum atomic E-state index is -4.40. The average Bonchev–Trinajstić information content (AvgIpc) is 2.88. The molecule has 0 amide bonds. The molecule has 1 aliphatic rings. The number of rotatable bonds is 4. The largest absolute Gasteiger partial charge is 0.492 e. The van der Waals surface area contributed by atoms with Gasteiger partial charge in [0, 0.05) is 5.56 Å². The summed E-state index contributed by atoms with van der Waals surface area (Å²) in [5.41, 5.74) is 1.52. The number of hydrogen-bond donors (Lipinski definition) is 1. The first-order valence-electron chi connectivity index (χ1n) is 7.12. The molecule has 7 heteroatoms. The Morgan fingerprint density at radius 2 is 1.87 bits per heavy atom. The maximum Gasteiger partial charge on any atom is 0.492 e. The van der Waals surface area contributed by atoms with Crippen molar-refractivity contribution in [2.45, 2.75) is 25.8 Å². The standard InChI is InChI=1S/C16H14BF3O3/c18-16(19,20)8-13-14(22-9-11-4-2-1-3-5-11)7-6-12-10-23-17(21)15(12)13/h1-7,21H,8-10H2. The third-order valence-corrected chi connectivity index (χ3v) is 3.66. The molecular formula is C16H14BF3O3. The average molecular weight is 322 g/mol. The van der Waals surface area contributed by atoms with E-state index < -0.39 is 19.7 Å². The summed E-state index contributed by atoms with van der Waals surface area (Å²) in [6.45, 7) is 0.252. The highest BCUT2D eigenvalue weighted by Gasteiger charge is 2.37. The molecule has 3 rings (SSSR count). The van der Waals surface area contributed by atoms with Gasteiger partial charge in [-0.1, -0.05) is 36.4 Å². The van der Waals surface area contributed by atoms with Crippen LogP contribution in [0.4, 0.5) is 13.2 Å². The molecule has 1 aliphatic heterocycles. The van der Waals surface area contributed by atoms with Crippen molar-refractivity contribution in [1.82, 2.24) is 0 Å². The summed E-state index contributed by atoms with van der Waals surface area (Å²) in [7, 11) is -1.34. The first-order chi connectivity index (χ1) is 10.9. The molecule has 3 nitrogen and oxygen atoms in total. The van der Waals surface area contributed by atoms with Crippen molar-refractivity contribution in [3.05, 3.63) is 59.2 Å². The summed E-state index contributed by atoms with van der Waals surface area (Å²) >= 11 is 0. The smallest absolute Gasteiger partial charge is 0.489 e. The molecule has 0 saturated heterocycles. The lowest BCUT2D eigenvalue weighted by Gasteiger charge is -2.17. The zero-order valence-electron chi connectivity index (χ0n) is 12.1. The Morgan fingerprint density at radius 1 is 1.13 bits per heavy atom. The Balaban J connectivity index is 1.91. The molecule has 0 fully saturated rings. The number of ether oxygens (including phenoxy) is 1. The van der Waals surface area contributed by atoms with Gasteiger partial charge >= 0.3 is 13.3 Å². The SMILES string of the molecule is OB1OCc2ccc(OCc3ccccc3)c(CC(F)(F)F)c21. The van der Waals surface area contributed by atoms with Gasteiger partial charge in [-0.15, -0.1) is 0 Å². The predicted octanol–water partition coefficient (Wildman–Crippen LogP) is 2.59. The lowest BCUT2D eigenvalue weighted by Crippen LogP contribution is -2.34. The molecule has 0 atom stereocenters. The Labute approximate surface area is 131 Å². The van der Waals surface area contributed by atoms with Crippen LogP contribution in [0.3, 0.4) is 0 Å². The van der Waals surface area contributed by atoms with Crippen LogP contribution in [0.5, 0.6) is 5.75 Å². The molecule has 2 aromatic rings. The van der Waals surface area contributed by atoms with E-state index >= 15 is 0 Å². The Hall–Kier alpha value is -1.99. The fraction of sp³-hybridized carbons (Fsp3) is 0.250. The minimum Gasteiger partial charge on any atom is -0.489 e. The van der Waals surface area contributed by atoms with Gasteiger partial charge in [0.1, 0.15) is 12.4 Å². The Kier molecular flexibility index (Phi) is 4.32. The van der Waals surface area contributed by atoms with E-state index in [1.54, 1.807) is 6.07 Å². The van der Waals surface area contributed by atoms with Crippen LogP contribution in [-0.4, -0.2) is 18.3 Å². The van der Waals surface area contributed by atoms with Gasteiger partial charge in [0.2, 0.25) is 0 Å². The van der Waals surface area contributed by atoms with Gasteiger partial charge in [-0.25, -0.2) is 0 Å². The minimum absolute atomic E-state index is 0.0593. The highest BCUT2D eigenvalue weighted by molar-refractivity contribution is 6.62.